The van der Waals surface area contributed by atoms with E-state index < -0.39 is 11.0 Å². The smallest absolute Gasteiger partial charge is 0.275 e. The van der Waals surface area contributed by atoms with Crippen LogP contribution in [0.1, 0.15) is 47.1 Å². The van der Waals surface area contributed by atoms with E-state index in [1.807, 2.05) is 26.0 Å². The summed E-state index contributed by atoms with van der Waals surface area (Å²) < 4.78 is 13.5. The standard InChI is InChI=1S/C27H24FN3O3/c1-15-11-21-22(12-16(15)2)30-27(20-5-3-4-6-24(20)31(33)34)26-23(29-21)13-18(14-25(26)32)17-7-9-19(28)10-8-17/h3-12,18,27,29-30H,13-14H2,1-2H3/t18-,27+/m1/s1. The Morgan fingerprint density at radius 1 is 0.971 bits per heavy atom. The van der Waals surface area contributed by atoms with Crippen LogP contribution in [-0.2, 0) is 4.79 Å². The van der Waals surface area contributed by atoms with Crippen LogP contribution in [0, 0.1) is 29.8 Å². The molecule has 0 fully saturated rings. The Hall–Kier alpha value is -4.00. The number of carbonyl (C=O) groups is 1. The Morgan fingerprint density at radius 2 is 1.65 bits per heavy atom. The summed E-state index contributed by atoms with van der Waals surface area (Å²) >= 11 is 0. The summed E-state index contributed by atoms with van der Waals surface area (Å²) in [5.74, 6) is -0.516. The number of carbonyl (C=O) groups excluding carboxylic acids is 1. The Bertz CT molecular complexity index is 1350. The number of fused-ring (bicyclic) bond motifs is 1. The molecule has 7 heteroatoms. The topological polar surface area (TPSA) is 84.3 Å². The van der Waals surface area contributed by atoms with Crippen molar-refractivity contribution in [2.24, 2.45) is 0 Å². The van der Waals surface area contributed by atoms with Crippen LogP contribution >= 0.6 is 0 Å². The van der Waals surface area contributed by atoms with Crippen LogP contribution in [0.3, 0.4) is 0 Å². The molecular formula is C27H24FN3O3. The Balaban J connectivity index is 1.67. The second kappa shape index (κ2) is 8.41. The number of Topliss-reactive ketones (excluding diaryl/α,β-unsaturated/α-hetero) is 1. The molecule has 0 unspecified atom stereocenters. The molecule has 0 saturated carbocycles. The number of nitro groups is 1. The van der Waals surface area contributed by atoms with Crippen molar-refractivity contribution in [3.8, 4) is 0 Å². The van der Waals surface area contributed by atoms with Crippen LogP contribution in [0.5, 0.6) is 0 Å². The van der Waals surface area contributed by atoms with Crippen molar-refractivity contribution in [1.29, 1.82) is 0 Å². The lowest BCUT2D eigenvalue weighted by Crippen LogP contribution is -2.27. The molecule has 1 heterocycles. The fourth-order valence-electron chi connectivity index (χ4n) is 4.92. The monoisotopic (exact) mass is 457 g/mol. The van der Waals surface area contributed by atoms with Crippen molar-refractivity contribution in [1.82, 2.24) is 0 Å². The summed E-state index contributed by atoms with van der Waals surface area (Å²) in [5.41, 5.74) is 6.33. The Labute approximate surface area is 196 Å². The van der Waals surface area contributed by atoms with Crippen molar-refractivity contribution in [3.63, 3.8) is 0 Å². The fourth-order valence-corrected chi connectivity index (χ4v) is 4.92. The van der Waals surface area contributed by atoms with Crippen molar-refractivity contribution in [2.45, 2.75) is 38.6 Å². The number of nitro benzene ring substituents is 1. The summed E-state index contributed by atoms with van der Waals surface area (Å²) in [6.45, 7) is 4.02. The maximum atomic E-state index is 13.6. The van der Waals surface area contributed by atoms with Crippen LogP contribution in [0.4, 0.5) is 21.5 Å². The van der Waals surface area contributed by atoms with Gasteiger partial charge in [-0.25, -0.2) is 4.39 Å². The van der Waals surface area contributed by atoms with E-state index in [2.05, 4.69) is 10.6 Å². The number of hydrogen-bond donors (Lipinski definition) is 2. The molecule has 0 aromatic heterocycles. The minimum absolute atomic E-state index is 0.0346. The number of halogens is 1. The molecule has 1 aliphatic heterocycles. The highest BCUT2D eigenvalue weighted by molar-refractivity contribution is 6.01. The zero-order valence-corrected chi connectivity index (χ0v) is 18.9. The van der Waals surface area contributed by atoms with Gasteiger partial charge < -0.3 is 10.6 Å². The number of nitrogens with one attached hydrogen (secondary N) is 2. The Morgan fingerprint density at radius 3 is 2.35 bits per heavy atom. The van der Waals surface area contributed by atoms with E-state index in [9.17, 15) is 19.3 Å². The van der Waals surface area contributed by atoms with Gasteiger partial charge in [0.05, 0.1) is 27.9 Å². The van der Waals surface area contributed by atoms with E-state index in [0.717, 1.165) is 33.8 Å². The van der Waals surface area contributed by atoms with Gasteiger partial charge in [0.1, 0.15) is 5.82 Å². The minimum Gasteiger partial charge on any atom is -0.372 e. The van der Waals surface area contributed by atoms with E-state index >= 15 is 0 Å². The van der Waals surface area contributed by atoms with E-state index in [-0.39, 0.29) is 29.6 Å². The van der Waals surface area contributed by atoms with Gasteiger partial charge in [-0.15, -0.1) is 0 Å². The highest BCUT2D eigenvalue weighted by atomic mass is 19.1. The normalized spacial score (nSPS) is 19.4. The summed E-state index contributed by atoms with van der Waals surface area (Å²) in [6.07, 6.45) is 0.789. The molecule has 5 rings (SSSR count). The molecule has 2 aliphatic rings. The molecule has 0 amide bonds. The number of anilines is 2. The third-order valence-corrected chi connectivity index (χ3v) is 6.80. The molecular weight excluding hydrogens is 433 g/mol. The van der Waals surface area contributed by atoms with Crippen LogP contribution in [-0.4, -0.2) is 10.7 Å². The Kier molecular flexibility index (Phi) is 5.40. The first-order valence-electron chi connectivity index (χ1n) is 11.2. The highest BCUT2D eigenvalue weighted by Crippen LogP contribution is 2.46. The molecule has 0 saturated heterocycles. The van der Waals surface area contributed by atoms with Crippen LogP contribution < -0.4 is 10.6 Å². The molecule has 0 bridgehead atoms. The molecule has 0 spiro atoms. The molecule has 3 aromatic carbocycles. The lowest BCUT2D eigenvalue weighted by molar-refractivity contribution is -0.385. The van der Waals surface area contributed by atoms with E-state index in [1.54, 1.807) is 30.3 Å². The van der Waals surface area contributed by atoms with Gasteiger partial charge in [-0.3, -0.25) is 14.9 Å². The number of allylic oxidation sites excluding steroid dienone is 1. The van der Waals surface area contributed by atoms with Gasteiger partial charge >= 0.3 is 0 Å². The molecule has 0 radical (unpaired) electrons. The van der Waals surface area contributed by atoms with Gasteiger partial charge in [-0.2, -0.15) is 0 Å². The summed E-state index contributed by atoms with van der Waals surface area (Å²) in [6, 6.07) is 16.1. The average Bonchev–Trinajstić information content (AvgIpc) is 2.96. The number of rotatable bonds is 3. The van der Waals surface area contributed by atoms with Gasteiger partial charge in [0.25, 0.3) is 5.69 Å². The zero-order chi connectivity index (χ0) is 24.0. The lowest BCUT2D eigenvalue weighted by Gasteiger charge is -2.29. The maximum Gasteiger partial charge on any atom is 0.275 e. The van der Waals surface area contributed by atoms with Crippen LogP contribution in [0.25, 0.3) is 0 Å². The van der Waals surface area contributed by atoms with Crippen LogP contribution in [0.15, 0.2) is 71.9 Å². The second-order valence-electron chi connectivity index (χ2n) is 8.97. The van der Waals surface area contributed by atoms with Gasteiger partial charge in [0, 0.05) is 23.8 Å². The number of benzene rings is 3. The SMILES string of the molecule is Cc1cc2c(cc1C)N[C@@H](c1ccccc1[N+](=O)[O-])C1=C(C[C@@H](c3ccc(F)cc3)CC1=O)N2. The molecule has 1 aliphatic carbocycles. The molecule has 2 N–H and O–H groups in total. The number of hydrogen-bond acceptors (Lipinski definition) is 5. The minimum atomic E-state index is -0.672. The summed E-state index contributed by atoms with van der Waals surface area (Å²) in [7, 11) is 0. The van der Waals surface area contributed by atoms with E-state index in [4.69, 9.17) is 0 Å². The third-order valence-electron chi connectivity index (χ3n) is 6.80. The molecule has 34 heavy (non-hydrogen) atoms. The quantitative estimate of drug-likeness (QED) is 0.355. The summed E-state index contributed by atoms with van der Waals surface area (Å²) in [5, 5.41) is 18.7. The lowest BCUT2D eigenvalue weighted by atomic mass is 9.78. The van der Waals surface area contributed by atoms with Crippen LogP contribution in [0.2, 0.25) is 0 Å². The van der Waals surface area contributed by atoms with Crippen molar-refractivity contribution in [2.75, 3.05) is 10.6 Å². The first-order valence-corrected chi connectivity index (χ1v) is 11.2. The molecule has 172 valence electrons. The number of para-hydroxylation sites is 1. The zero-order valence-electron chi connectivity index (χ0n) is 18.9. The number of aryl methyl sites for hydroxylation is 2. The largest absolute Gasteiger partial charge is 0.372 e. The van der Waals surface area contributed by atoms with Crippen molar-refractivity contribution < 1.29 is 14.1 Å². The first kappa shape index (κ1) is 21.8. The fraction of sp³-hybridized carbons (Fsp3) is 0.222. The highest BCUT2D eigenvalue weighted by Gasteiger charge is 2.38. The van der Waals surface area contributed by atoms with Gasteiger partial charge in [-0.1, -0.05) is 24.3 Å². The summed E-state index contributed by atoms with van der Waals surface area (Å²) in [4.78, 5) is 25.0. The molecule has 6 nitrogen and oxygen atoms in total. The average molecular weight is 458 g/mol. The molecule has 3 aromatic rings. The van der Waals surface area contributed by atoms with E-state index in [0.29, 0.717) is 17.6 Å². The van der Waals surface area contributed by atoms with Gasteiger partial charge in [-0.05, 0) is 73.2 Å². The number of ketones is 1. The van der Waals surface area contributed by atoms with Gasteiger partial charge in [0.2, 0.25) is 0 Å². The number of nitrogens with zero attached hydrogens (tertiary/aromatic N) is 1. The second-order valence-corrected chi connectivity index (χ2v) is 8.97. The van der Waals surface area contributed by atoms with Crippen molar-refractivity contribution >= 4 is 22.8 Å². The molecule has 2 atom stereocenters. The third kappa shape index (κ3) is 3.83. The van der Waals surface area contributed by atoms with E-state index in [1.165, 1.54) is 18.2 Å². The first-order chi connectivity index (χ1) is 16.3. The van der Waals surface area contributed by atoms with Crippen molar-refractivity contribution in [3.05, 3.63) is 110 Å². The predicted octanol–water partition coefficient (Wildman–Crippen LogP) is 6.33. The van der Waals surface area contributed by atoms with Gasteiger partial charge in [0.15, 0.2) is 5.78 Å². The maximum absolute atomic E-state index is 13.6. The predicted molar refractivity (Wildman–Crippen MR) is 129 cm³/mol.